The predicted molar refractivity (Wildman–Crippen MR) is 120 cm³/mol. The van der Waals surface area contributed by atoms with E-state index >= 15 is 0 Å². The van der Waals surface area contributed by atoms with Gasteiger partial charge in [-0.2, -0.15) is 0 Å². The molecule has 0 saturated heterocycles. The molecule has 0 aliphatic rings. The summed E-state index contributed by atoms with van der Waals surface area (Å²) in [6.07, 6.45) is 1.74. The molecular formula is C23H18BrClF2N2O. The zero-order valence-electron chi connectivity index (χ0n) is 16.0. The largest absolute Gasteiger partial charge is 0.489 e. The molecule has 1 N–H and O–H groups in total. The van der Waals surface area contributed by atoms with Gasteiger partial charge in [0.1, 0.15) is 29.8 Å². The Bertz CT molecular complexity index is 1160. The van der Waals surface area contributed by atoms with Crippen LogP contribution in [-0.2, 0) is 6.61 Å². The first-order chi connectivity index (χ1) is 14.0. The molecule has 154 valence electrons. The number of aromatic nitrogens is 2. The van der Waals surface area contributed by atoms with E-state index in [2.05, 4.69) is 25.9 Å². The SMILES string of the molecule is Cc1cc(-c2cnc(-c3ccc(F)cc3)[nH]2)ccc1OCc1ccc(Br)cc1F.Cl. The van der Waals surface area contributed by atoms with E-state index < -0.39 is 0 Å². The van der Waals surface area contributed by atoms with Crippen molar-refractivity contribution < 1.29 is 13.5 Å². The number of nitrogens with zero attached hydrogens (tertiary/aromatic N) is 1. The van der Waals surface area contributed by atoms with Gasteiger partial charge in [0.05, 0.1) is 11.9 Å². The number of hydrogen-bond donors (Lipinski definition) is 1. The molecule has 0 fully saturated rings. The Labute approximate surface area is 187 Å². The van der Waals surface area contributed by atoms with Crippen LogP contribution in [0.2, 0.25) is 0 Å². The van der Waals surface area contributed by atoms with Crippen molar-refractivity contribution in [2.24, 2.45) is 0 Å². The monoisotopic (exact) mass is 490 g/mol. The number of ether oxygens (including phenoxy) is 1. The molecule has 1 heterocycles. The number of benzene rings is 3. The Balaban J connectivity index is 0.00000256. The van der Waals surface area contributed by atoms with Crippen LogP contribution >= 0.6 is 28.3 Å². The summed E-state index contributed by atoms with van der Waals surface area (Å²) < 4.78 is 33.6. The smallest absolute Gasteiger partial charge is 0.137 e. The van der Waals surface area contributed by atoms with Gasteiger partial charge in [0.2, 0.25) is 0 Å². The van der Waals surface area contributed by atoms with Crippen molar-refractivity contribution in [3.63, 3.8) is 0 Å². The van der Waals surface area contributed by atoms with Crippen molar-refractivity contribution in [2.75, 3.05) is 0 Å². The van der Waals surface area contributed by atoms with Gasteiger partial charge in [0.15, 0.2) is 0 Å². The van der Waals surface area contributed by atoms with Crippen LogP contribution in [0.5, 0.6) is 5.75 Å². The number of aromatic amines is 1. The zero-order chi connectivity index (χ0) is 20.4. The van der Waals surface area contributed by atoms with Crippen LogP contribution in [0.3, 0.4) is 0 Å². The molecule has 0 saturated carbocycles. The normalized spacial score (nSPS) is 10.5. The minimum Gasteiger partial charge on any atom is -0.489 e. The lowest BCUT2D eigenvalue weighted by Crippen LogP contribution is -2.00. The lowest BCUT2D eigenvalue weighted by atomic mass is 10.1. The summed E-state index contributed by atoms with van der Waals surface area (Å²) in [5, 5.41) is 0. The molecule has 0 amide bonds. The highest BCUT2D eigenvalue weighted by molar-refractivity contribution is 9.10. The van der Waals surface area contributed by atoms with Crippen molar-refractivity contribution in [1.82, 2.24) is 9.97 Å². The van der Waals surface area contributed by atoms with E-state index in [0.717, 1.165) is 22.4 Å². The molecular weight excluding hydrogens is 474 g/mol. The Morgan fingerprint density at radius 3 is 2.40 bits per heavy atom. The average Bonchev–Trinajstić information content (AvgIpc) is 3.19. The number of halogens is 4. The third-order valence-corrected chi connectivity index (χ3v) is 5.07. The van der Waals surface area contributed by atoms with E-state index in [9.17, 15) is 8.78 Å². The number of H-pyrrole nitrogens is 1. The molecule has 0 spiro atoms. The maximum Gasteiger partial charge on any atom is 0.137 e. The maximum absolute atomic E-state index is 14.0. The first-order valence-corrected chi connectivity index (χ1v) is 9.77. The molecule has 4 rings (SSSR count). The maximum atomic E-state index is 14.0. The Morgan fingerprint density at radius 1 is 0.967 bits per heavy atom. The summed E-state index contributed by atoms with van der Waals surface area (Å²) in [6, 6.07) is 16.8. The molecule has 4 aromatic rings. The Hall–Kier alpha value is -2.70. The fourth-order valence-electron chi connectivity index (χ4n) is 3.00. The van der Waals surface area contributed by atoms with Crippen molar-refractivity contribution in [2.45, 2.75) is 13.5 Å². The van der Waals surface area contributed by atoms with Gasteiger partial charge in [-0.05, 0) is 67.1 Å². The molecule has 0 aliphatic heterocycles. The van der Waals surface area contributed by atoms with E-state index in [1.54, 1.807) is 30.5 Å². The number of nitrogens with one attached hydrogen (secondary N) is 1. The van der Waals surface area contributed by atoms with Crippen LogP contribution < -0.4 is 4.74 Å². The van der Waals surface area contributed by atoms with Crippen molar-refractivity contribution in [3.05, 3.63) is 94.1 Å². The van der Waals surface area contributed by atoms with Crippen LogP contribution in [0.15, 0.2) is 71.3 Å². The number of aryl methyl sites for hydroxylation is 1. The van der Waals surface area contributed by atoms with Gasteiger partial charge in [-0.3, -0.25) is 0 Å². The summed E-state index contributed by atoms with van der Waals surface area (Å²) in [6.45, 7) is 2.09. The number of hydrogen-bond acceptors (Lipinski definition) is 2. The van der Waals surface area contributed by atoms with Crippen LogP contribution in [0.4, 0.5) is 8.78 Å². The van der Waals surface area contributed by atoms with Crippen molar-refractivity contribution in [3.8, 4) is 28.4 Å². The van der Waals surface area contributed by atoms with E-state index in [1.165, 1.54) is 18.2 Å². The second kappa shape index (κ2) is 9.41. The van der Waals surface area contributed by atoms with Gasteiger partial charge < -0.3 is 9.72 Å². The quantitative estimate of drug-likeness (QED) is 0.323. The van der Waals surface area contributed by atoms with Gasteiger partial charge >= 0.3 is 0 Å². The molecule has 7 heteroatoms. The summed E-state index contributed by atoms with van der Waals surface area (Å²) in [7, 11) is 0. The van der Waals surface area contributed by atoms with Crippen LogP contribution in [0, 0.1) is 18.6 Å². The molecule has 0 unspecified atom stereocenters. The van der Waals surface area contributed by atoms with E-state index in [1.807, 2.05) is 25.1 Å². The van der Waals surface area contributed by atoms with Crippen LogP contribution in [-0.4, -0.2) is 9.97 Å². The fraction of sp³-hybridized carbons (Fsp3) is 0.0870. The second-order valence-corrected chi connectivity index (χ2v) is 7.57. The highest BCUT2D eigenvalue weighted by Crippen LogP contribution is 2.28. The molecule has 0 atom stereocenters. The van der Waals surface area contributed by atoms with Gasteiger partial charge in [-0.1, -0.05) is 22.0 Å². The molecule has 1 aromatic heterocycles. The first-order valence-electron chi connectivity index (χ1n) is 8.98. The molecule has 0 aliphatic carbocycles. The van der Waals surface area contributed by atoms with Gasteiger partial charge in [0, 0.05) is 21.2 Å². The van der Waals surface area contributed by atoms with Gasteiger partial charge in [-0.25, -0.2) is 13.8 Å². The minimum atomic E-state index is -0.306. The number of imidazole rings is 1. The summed E-state index contributed by atoms with van der Waals surface area (Å²) in [4.78, 5) is 7.64. The minimum absolute atomic E-state index is 0. The van der Waals surface area contributed by atoms with E-state index in [-0.39, 0.29) is 30.6 Å². The number of rotatable bonds is 5. The van der Waals surface area contributed by atoms with Gasteiger partial charge in [0.25, 0.3) is 0 Å². The summed E-state index contributed by atoms with van der Waals surface area (Å²) >= 11 is 3.25. The lowest BCUT2D eigenvalue weighted by Gasteiger charge is -2.11. The fourth-order valence-corrected chi connectivity index (χ4v) is 3.33. The highest BCUT2D eigenvalue weighted by atomic mass is 79.9. The van der Waals surface area contributed by atoms with Crippen molar-refractivity contribution in [1.29, 1.82) is 0 Å². The predicted octanol–water partition coefficient (Wildman–Crippen LogP) is 7.09. The molecule has 3 aromatic carbocycles. The van der Waals surface area contributed by atoms with Crippen LogP contribution in [0.25, 0.3) is 22.6 Å². The molecule has 30 heavy (non-hydrogen) atoms. The summed E-state index contributed by atoms with van der Waals surface area (Å²) in [5.41, 5.74) is 4.03. The van der Waals surface area contributed by atoms with Crippen LogP contribution in [0.1, 0.15) is 11.1 Å². The highest BCUT2D eigenvalue weighted by Gasteiger charge is 2.09. The third-order valence-electron chi connectivity index (χ3n) is 4.58. The molecule has 0 bridgehead atoms. The zero-order valence-corrected chi connectivity index (χ0v) is 18.4. The lowest BCUT2D eigenvalue weighted by molar-refractivity contribution is 0.298. The first kappa shape index (κ1) is 22.0. The molecule has 0 radical (unpaired) electrons. The Kier molecular flexibility index (Phi) is 6.90. The second-order valence-electron chi connectivity index (χ2n) is 6.66. The van der Waals surface area contributed by atoms with Gasteiger partial charge in [-0.15, -0.1) is 12.4 Å². The molecule has 3 nitrogen and oxygen atoms in total. The standard InChI is InChI=1S/C23H17BrF2N2O.ClH/c1-14-10-16(21-12-27-23(28-21)15-3-7-19(25)8-4-15)5-9-22(14)29-13-17-2-6-18(24)11-20(17)26;/h2-12H,13H2,1H3,(H,27,28);1H. The average molecular weight is 492 g/mol. The third kappa shape index (κ3) is 4.89. The van der Waals surface area contributed by atoms with E-state index in [0.29, 0.717) is 21.6 Å². The topological polar surface area (TPSA) is 37.9 Å². The summed E-state index contributed by atoms with van der Waals surface area (Å²) in [5.74, 6) is 0.771. The van der Waals surface area contributed by atoms with Crippen molar-refractivity contribution >= 4 is 28.3 Å². The Morgan fingerprint density at radius 2 is 1.70 bits per heavy atom. The van der Waals surface area contributed by atoms with E-state index in [4.69, 9.17) is 4.74 Å².